The molecule has 182 valence electrons. The molecule has 1 aromatic heterocycles. The van der Waals surface area contributed by atoms with Crippen LogP contribution in [0.2, 0.25) is 0 Å². The molecule has 2 aromatic rings. The van der Waals surface area contributed by atoms with E-state index in [1.54, 1.807) is 0 Å². The number of rotatable bonds is 10. The van der Waals surface area contributed by atoms with Crippen molar-refractivity contribution in [3.63, 3.8) is 0 Å². The molecular weight excluding hydrogens is 426 g/mol. The van der Waals surface area contributed by atoms with Crippen LogP contribution in [0.1, 0.15) is 62.2 Å². The number of hydrogen-bond donors (Lipinski definition) is 1. The number of nitrogens with zero attached hydrogens (tertiary/aromatic N) is 3. The van der Waals surface area contributed by atoms with Crippen LogP contribution >= 0.6 is 0 Å². The number of aromatic nitrogens is 2. The van der Waals surface area contributed by atoms with Gasteiger partial charge >= 0.3 is 0 Å². The van der Waals surface area contributed by atoms with Crippen LogP contribution in [0.15, 0.2) is 71.0 Å². The molecule has 1 N–H and O–H groups in total. The molecule has 1 aromatic carbocycles. The lowest BCUT2D eigenvalue weighted by Gasteiger charge is -2.36. The van der Waals surface area contributed by atoms with Gasteiger partial charge in [-0.25, -0.2) is 0 Å². The Morgan fingerprint density at radius 3 is 2.71 bits per heavy atom. The molecule has 1 unspecified atom stereocenters. The van der Waals surface area contributed by atoms with E-state index in [4.69, 9.17) is 14.2 Å². The smallest absolute Gasteiger partial charge is 0.263 e. The summed E-state index contributed by atoms with van der Waals surface area (Å²) in [4.78, 5) is 4.73. The van der Waals surface area contributed by atoms with Crippen molar-refractivity contribution in [2.24, 2.45) is 5.92 Å². The van der Waals surface area contributed by atoms with Crippen molar-refractivity contribution in [2.45, 2.75) is 57.1 Å². The Kier molecular flexibility index (Phi) is 8.01. The average molecular weight is 465 g/mol. The van der Waals surface area contributed by atoms with Crippen molar-refractivity contribution in [3.05, 3.63) is 83.7 Å². The summed E-state index contributed by atoms with van der Waals surface area (Å²) in [6.07, 6.45) is 17.5. The first-order chi connectivity index (χ1) is 16.5. The predicted molar refractivity (Wildman–Crippen MR) is 133 cm³/mol. The van der Waals surface area contributed by atoms with Gasteiger partial charge in [0.15, 0.2) is 5.60 Å². The first-order valence-electron chi connectivity index (χ1n) is 12.6. The normalized spacial score (nSPS) is 18.9. The third-order valence-electron chi connectivity index (χ3n) is 6.90. The van der Waals surface area contributed by atoms with E-state index in [1.165, 1.54) is 6.42 Å². The number of ether oxygens (including phenoxy) is 1. The largest absolute Gasteiger partial charge is 0.493 e. The average Bonchev–Trinajstić information content (AvgIpc) is 3.16. The molecule has 1 fully saturated rings. The Labute approximate surface area is 203 Å². The van der Waals surface area contributed by atoms with E-state index in [9.17, 15) is 5.11 Å². The van der Waals surface area contributed by atoms with Crippen molar-refractivity contribution in [1.82, 2.24) is 10.1 Å². The number of hydrogen-bond acceptors (Lipinski definition) is 5. The van der Waals surface area contributed by atoms with Crippen molar-refractivity contribution in [2.75, 3.05) is 27.2 Å². The lowest BCUT2D eigenvalue weighted by Crippen LogP contribution is -2.40. The maximum atomic E-state index is 12.0. The zero-order chi connectivity index (χ0) is 23.9. The summed E-state index contributed by atoms with van der Waals surface area (Å²) in [5.74, 6) is 1.94. The quantitative estimate of drug-likeness (QED) is 0.383. The third kappa shape index (κ3) is 6.05. The van der Waals surface area contributed by atoms with Crippen molar-refractivity contribution in [1.29, 1.82) is 0 Å². The molecule has 6 nitrogen and oxygen atoms in total. The van der Waals surface area contributed by atoms with Crippen LogP contribution in [-0.4, -0.2) is 47.0 Å². The number of benzene rings is 1. The minimum absolute atomic E-state index is 0.0822. The second-order valence-corrected chi connectivity index (χ2v) is 10.1. The molecule has 6 heteroatoms. The molecule has 0 amide bonds. The van der Waals surface area contributed by atoms with Gasteiger partial charge in [0.05, 0.1) is 27.2 Å². The minimum atomic E-state index is -1.24. The standard InChI is InChI=1S/C28H38N3O3/c1-31(2,20-13-21-33-25-18-11-3-4-12-19-25)22-26-29-27(34-30-26)28(32,23-14-7-5-8-15-23)24-16-9-6-10-17-24/h3,5,7-8,11-12,14-15,18-19,24,32H,4,6,9-10,13,16-17,20-22H2,1-2H3/q+1. The predicted octanol–water partition coefficient (Wildman–Crippen LogP) is 5.27. The molecule has 1 saturated carbocycles. The highest BCUT2D eigenvalue weighted by atomic mass is 16.5. The molecule has 34 heavy (non-hydrogen) atoms. The van der Waals surface area contributed by atoms with Gasteiger partial charge in [0, 0.05) is 12.3 Å². The molecule has 0 radical (unpaired) electrons. The summed E-state index contributed by atoms with van der Waals surface area (Å²) >= 11 is 0. The van der Waals surface area contributed by atoms with Gasteiger partial charge in [0.1, 0.15) is 12.3 Å². The van der Waals surface area contributed by atoms with Gasteiger partial charge in [-0.05, 0) is 37.0 Å². The number of allylic oxidation sites excluding steroid dienone is 5. The molecular formula is C28H38N3O3+. The molecule has 0 bridgehead atoms. The van der Waals surface area contributed by atoms with Crippen LogP contribution in [0.25, 0.3) is 0 Å². The second-order valence-electron chi connectivity index (χ2n) is 10.1. The molecule has 2 aliphatic carbocycles. The molecule has 0 spiro atoms. The molecule has 1 atom stereocenters. The van der Waals surface area contributed by atoms with E-state index in [-0.39, 0.29) is 5.92 Å². The fourth-order valence-electron chi connectivity index (χ4n) is 5.02. The Morgan fingerprint density at radius 1 is 1.12 bits per heavy atom. The fourth-order valence-corrected chi connectivity index (χ4v) is 5.02. The maximum Gasteiger partial charge on any atom is 0.263 e. The van der Waals surface area contributed by atoms with Gasteiger partial charge in [-0.3, -0.25) is 0 Å². The van der Waals surface area contributed by atoms with Gasteiger partial charge in [0.2, 0.25) is 5.82 Å². The second kappa shape index (κ2) is 11.2. The minimum Gasteiger partial charge on any atom is -0.493 e. The zero-order valence-electron chi connectivity index (χ0n) is 20.5. The highest BCUT2D eigenvalue weighted by molar-refractivity contribution is 5.29. The number of quaternary nitrogens is 1. The van der Waals surface area contributed by atoms with Gasteiger partial charge in [-0.1, -0.05) is 73.0 Å². The van der Waals surface area contributed by atoms with E-state index in [0.29, 0.717) is 29.3 Å². The van der Waals surface area contributed by atoms with Crippen LogP contribution in [0.4, 0.5) is 0 Å². The van der Waals surface area contributed by atoms with Crippen LogP contribution in [0, 0.1) is 5.92 Å². The highest BCUT2D eigenvalue weighted by Crippen LogP contribution is 2.43. The van der Waals surface area contributed by atoms with E-state index in [2.05, 4.69) is 31.4 Å². The Balaban J connectivity index is 1.40. The van der Waals surface area contributed by atoms with E-state index in [0.717, 1.165) is 56.4 Å². The highest BCUT2D eigenvalue weighted by Gasteiger charge is 2.45. The van der Waals surface area contributed by atoms with Crippen molar-refractivity contribution in [3.8, 4) is 0 Å². The van der Waals surface area contributed by atoms with E-state index in [1.807, 2.05) is 48.6 Å². The van der Waals surface area contributed by atoms with Gasteiger partial charge in [0.25, 0.3) is 5.89 Å². The van der Waals surface area contributed by atoms with Crippen LogP contribution < -0.4 is 0 Å². The van der Waals surface area contributed by atoms with Crippen LogP contribution in [0.5, 0.6) is 0 Å². The van der Waals surface area contributed by atoms with E-state index >= 15 is 0 Å². The van der Waals surface area contributed by atoms with Crippen LogP contribution in [-0.2, 0) is 16.9 Å². The van der Waals surface area contributed by atoms with Crippen LogP contribution in [0.3, 0.4) is 0 Å². The van der Waals surface area contributed by atoms with Gasteiger partial charge in [-0.15, -0.1) is 0 Å². The first kappa shape index (κ1) is 24.4. The topological polar surface area (TPSA) is 68.4 Å². The Morgan fingerprint density at radius 2 is 1.91 bits per heavy atom. The summed E-state index contributed by atoms with van der Waals surface area (Å²) in [5.41, 5.74) is -0.411. The molecule has 0 aliphatic heterocycles. The summed E-state index contributed by atoms with van der Waals surface area (Å²) < 4.78 is 12.3. The third-order valence-corrected chi connectivity index (χ3v) is 6.90. The van der Waals surface area contributed by atoms with Crippen molar-refractivity contribution >= 4 is 0 Å². The fraction of sp³-hybridized carbons (Fsp3) is 0.500. The monoisotopic (exact) mass is 464 g/mol. The molecule has 1 heterocycles. The molecule has 2 aliphatic rings. The summed E-state index contributed by atoms with van der Waals surface area (Å²) in [7, 11) is 4.32. The lowest BCUT2D eigenvalue weighted by atomic mass is 9.73. The van der Waals surface area contributed by atoms with Gasteiger partial charge in [-0.2, -0.15) is 4.98 Å². The molecule has 0 saturated heterocycles. The SMILES string of the molecule is C[N+](C)(CCCOC1=CC=CCC=C1)Cc1noc(C(O)(c2ccccc2)C2CCCCC2)n1. The maximum absolute atomic E-state index is 12.0. The zero-order valence-corrected chi connectivity index (χ0v) is 20.5. The summed E-state index contributed by atoms with van der Waals surface area (Å²) in [6, 6.07) is 9.81. The first-order valence-corrected chi connectivity index (χ1v) is 12.6. The Hall–Kier alpha value is -2.70. The summed E-state index contributed by atoms with van der Waals surface area (Å²) in [5, 5.41) is 16.3. The molecule has 4 rings (SSSR count). The number of aliphatic hydroxyl groups is 1. The van der Waals surface area contributed by atoms with E-state index < -0.39 is 5.60 Å². The lowest BCUT2D eigenvalue weighted by molar-refractivity contribution is -0.904. The van der Waals surface area contributed by atoms with Gasteiger partial charge < -0.3 is 18.8 Å². The Bertz CT molecular complexity index is 1000. The summed E-state index contributed by atoms with van der Waals surface area (Å²) in [6.45, 7) is 2.21. The van der Waals surface area contributed by atoms with Crippen molar-refractivity contribution < 1.29 is 18.8 Å².